The maximum Gasteiger partial charge on any atom is 0.340 e. The van der Waals surface area contributed by atoms with Crippen LogP contribution in [0.25, 0.3) is 0 Å². The van der Waals surface area contributed by atoms with Gasteiger partial charge in [-0.3, -0.25) is 4.79 Å². The van der Waals surface area contributed by atoms with Crippen LogP contribution in [0.5, 0.6) is 0 Å². The summed E-state index contributed by atoms with van der Waals surface area (Å²) in [6, 6.07) is 3.82. The highest BCUT2D eigenvalue weighted by Gasteiger charge is 2.21. The summed E-state index contributed by atoms with van der Waals surface area (Å²) in [5.74, 6) is -2.59. The number of anilines is 2. The van der Waals surface area contributed by atoms with Crippen LogP contribution in [-0.4, -0.2) is 21.4 Å². The van der Waals surface area contributed by atoms with Gasteiger partial charge in [-0.15, -0.1) is 0 Å². The van der Waals surface area contributed by atoms with Crippen molar-refractivity contribution in [1.29, 1.82) is 0 Å². The molecule has 1 heterocycles. The molecular formula is C12H10FN3O3S. The van der Waals surface area contributed by atoms with Crippen molar-refractivity contribution < 1.29 is 19.1 Å². The maximum atomic E-state index is 13.3. The van der Waals surface area contributed by atoms with E-state index in [0.717, 1.165) is 17.6 Å². The predicted octanol–water partition coefficient (Wildman–Crippen LogP) is 2.12. The number of nitrogens with one attached hydrogen (secondary N) is 1. The summed E-state index contributed by atoms with van der Waals surface area (Å²) in [6.07, 6.45) is 0. The molecule has 0 saturated carbocycles. The van der Waals surface area contributed by atoms with Crippen molar-refractivity contribution in [3.63, 3.8) is 0 Å². The molecule has 1 aromatic heterocycles. The van der Waals surface area contributed by atoms with Crippen LogP contribution in [0.1, 0.15) is 26.4 Å². The highest BCUT2D eigenvalue weighted by atomic mass is 32.1. The minimum atomic E-state index is -1.20. The van der Waals surface area contributed by atoms with Crippen molar-refractivity contribution in [2.24, 2.45) is 0 Å². The number of aromatic carboxylic acids is 1. The molecule has 0 aliphatic carbocycles. The highest BCUT2D eigenvalue weighted by Crippen LogP contribution is 2.26. The molecule has 1 aromatic carbocycles. The fraction of sp³-hybridized carbons (Fsp3) is 0.0833. The summed E-state index contributed by atoms with van der Waals surface area (Å²) in [5, 5.41) is 11.5. The van der Waals surface area contributed by atoms with Crippen molar-refractivity contribution in [3.05, 3.63) is 40.8 Å². The molecule has 0 unspecified atom stereocenters. The van der Waals surface area contributed by atoms with Crippen LogP contribution in [0, 0.1) is 12.7 Å². The third-order valence-electron chi connectivity index (χ3n) is 2.60. The first-order chi connectivity index (χ1) is 9.41. The van der Waals surface area contributed by atoms with Gasteiger partial charge in [0.2, 0.25) is 0 Å². The third kappa shape index (κ3) is 2.45. The molecule has 1 amide bonds. The number of nitrogen functional groups attached to an aromatic ring is 1. The summed E-state index contributed by atoms with van der Waals surface area (Å²) in [6.45, 7) is 1.52. The predicted molar refractivity (Wildman–Crippen MR) is 72.6 cm³/mol. The Morgan fingerprint density at radius 1 is 1.45 bits per heavy atom. The summed E-state index contributed by atoms with van der Waals surface area (Å²) >= 11 is 0.840. The van der Waals surface area contributed by atoms with Gasteiger partial charge >= 0.3 is 5.97 Å². The molecule has 0 aliphatic rings. The molecule has 0 fully saturated rings. The first-order valence-corrected chi connectivity index (χ1v) is 6.24. The number of hydrogen-bond acceptors (Lipinski definition) is 5. The van der Waals surface area contributed by atoms with Gasteiger partial charge in [0.25, 0.3) is 5.91 Å². The molecule has 6 nitrogen and oxygen atoms in total. The van der Waals surface area contributed by atoms with Crippen LogP contribution in [0.2, 0.25) is 0 Å². The van der Waals surface area contributed by atoms with E-state index in [2.05, 4.69) is 9.69 Å². The van der Waals surface area contributed by atoms with Crippen molar-refractivity contribution in [3.8, 4) is 0 Å². The normalized spacial score (nSPS) is 10.3. The molecule has 0 spiro atoms. The number of halogens is 1. The Bertz CT molecular complexity index is 699. The van der Waals surface area contributed by atoms with Crippen molar-refractivity contribution >= 4 is 34.1 Å². The maximum absolute atomic E-state index is 13.3. The summed E-state index contributed by atoms with van der Waals surface area (Å²) in [4.78, 5) is 23.1. The van der Waals surface area contributed by atoms with E-state index >= 15 is 0 Å². The molecule has 8 heteroatoms. The number of nitrogens with two attached hydrogens (primary N) is 1. The number of carbonyl (C=O) groups is 2. The van der Waals surface area contributed by atoms with Crippen molar-refractivity contribution in [2.45, 2.75) is 6.92 Å². The molecule has 20 heavy (non-hydrogen) atoms. The van der Waals surface area contributed by atoms with E-state index in [0.29, 0.717) is 5.69 Å². The van der Waals surface area contributed by atoms with E-state index < -0.39 is 17.7 Å². The lowest BCUT2D eigenvalue weighted by Crippen LogP contribution is -2.16. The fourth-order valence-electron chi connectivity index (χ4n) is 1.61. The second kappa shape index (κ2) is 5.25. The van der Waals surface area contributed by atoms with Gasteiger partial charge in [0.15, 0.2) is 0 Å². The number of rotatable bonds is 3. The van der Waals surface area contributed by atoms with Crippen LogP contribution >= 0.6 is 11.5 Å². The minimum Gasteiger partial charge on any atom is -0.478 e. The SMILES string of the molecule is Cc1nsc(NC(=O)c2cccc(F)c2N)c1C(=O)O. The number of carbonyl (C=O) groups excluding carboxylic acids is 1. The van der Waals surface area contributed by atoms with E-state index in [9.17, 15) is 14.0 Å². The molecule has 4 N–H and O–H groups in total. The lowest BCUT2D eigenvalue weighted by atomic mass is 10.1. The van der Waals surface area contributed by atoms with E-state index in [1.165, 1.54) is 19.1 Å². The van der Waals surface area contributed by atoms with Crippen LogP contribution < -0.4 is 11.1 Å². The van der Waals surface area contributed by atoms with Gasteiger partial charge in [0, 0.05) is 0 Å². The number of aryl methyl sites for hydroxylation is 1. The summed E-state index contributed by atoms with van der Waals surface area (Å²) < 4.78 is 17.1. The number of carboxylic acid groups (broad SMARTS) is 1. The zero-order chi connectivity index (χ0) is 14.9. The molecular weight excluding hydrogens is 285 g/mol. The van der Waals surface area contributed by atoms with Crippen LogP contribution in [0.3, 0.4) is 0 Å². The van der Waals surface area contributed by atoms with Gasteiger partial charge < -0.3 is 16.2 Å². The molecule has 2 aromatic rings. The lowest BCUT2D eigenvalue weighted by Gasteiger charge is -2.07. The highest BCUT2D eigenvalue weighted by molar-refractivity contribution is 7.11. The number of para-hydroxylation sites is 1. The topological polar surface area (TPSA) is 105 Å². The van der Waals surface area contributed by atoms with Gasteiger partial charge in [0.1, 0.15) is 16.4 Å². The second-order valence-electron chi connectivity index (χ2n) is 3.93. The first kappa shape index (κ1) is 13.9. The number of aromatic nitrogens is 1. The molecule has 0 aliphatic heterocycles. The number of carboxylic acids is 1. The number of amides is 1. The second-order valence-corrected chi connectivity index (χ2v) is 4.71. The molecule has 0 bridgehead atoms. The first-order valence-electron chi connectivity index (χ1n) is 5.46. The quantitative estimate of drug-likeness (QED) is 0.752. The largest absolute Gasteiger partial charge is 0.478 e. The molecule has 104 valence electrons. The van der Waals surface area contributed by atoms with Crippen LogP contribution in [0.15, 0.2) is 18.2 Å². The molecule has 0 atom stereocenters. The van der Waals surface area contributed by atoms with Crippen molar-refractivity contribution in [2.75, 3.05) is 11.1 Å². The Morgan fingerprint density at radius 2 is 2.15 bits per heavy atom. The van der Waals surface area contributed by atoms with E-state index in [1.807, 2.05) is 0 Å². The fourth-order valence-corrected chi connectivity index (χ4v) is 2.40. The van der Waals surface area contributed by atoms with E-state index in [4.69, 9.17) is 10.8 Å². The number of nitrogens with zero attached hydrogens (tertiary/aromatic N) is 1. The standard InChI is InChI=1S/C12H10FN3O3S/c1-5-8(12(18)19)11(20-16-5)15-10(17)6-3-2-4-7(13)9(6)14/h2-4H,14H2,1H3,(H,15,17)(H,18,19). The lowest BCUT2D eigenvalue weighted by molar-refractivity contribution is 0.0697. The van der Waals surface area contributed by atoms with Gasteiger partial charge in [0.05, 0.1) is 16.9 Å². The Balaban J connectivity index is 2.33. The summed E-state index contributed by atoms with van der Waals surface area (Å²) in [7, 11) is 0. The molecule has 2 rings (SSSR count). The zero-order valence-corrected chi connectivity index (χ0v) is 11.1. The van der Waals surface area contributed by atoms with Crippen LogP contribution in [-0.2, 0) is 0 Å². The minimum absolute atomic E-state index is 0.0626. The molecule has 0 saturated heterocycles. The number of benzene rings is 1. The smallest absolute Gasteiger partial charge is 0.340 e. The zero-order valence-electron chi connectivity index (χ0n) is 10.3. The van der Waals surface area contributed by atoms with Gasteiger partial charge in [-0.25, -0.2) is 9.18 Å². The Hall–Kier alpha value is -2.48. The summed E-state index contributed by atoms with van der Waals surface area (Å²) in [5.41, 5.74) is 5.34. The van der Waals surface area contributed by atoms with Gasteiger partial charge in [-0.1, -0.05) is 6.07 Å². The Morgan fingerprint density at radius 3 is 2.80 bits per heavy atom. The monoisotopic (exact) mass is 295 g/mol. The Kier molecular flexibility index (Phi) is 3.66. The van der Waals surface area contributed by atoms with Crippen molar-refractivity contribution in [1.82, 2.24) is 4.37 Å². The third-order valence-corrected chi connectivity index (χ3v) is 3.46. The van der Waals surface area contributed by atoms with Gasteiger partial charge in [-0.05, 0) is 30.6 Å². The van der Waals surface area contributed by atoms with Gasteiger partial charge in [-0.2, -0.15) is 4.37 Å². The number of hydrogen-bond donors (Lipinski definition) is 3. The van der Waals surface area contributed by atoms with E-state index in [1.54, 1.807) is 0 Å². The average molecular weight is 295 g/mol. The van der Waals surface area contributed by atoms with E-state index in [-0.39, 0.29) is 21.8 Å². The average Bonchev–Trinajstić information content (AvgIpc) is 2.73. The van der Waals surface area contributed by atoms with Crippen LogP contribution in [0.4, 0.5) is 15.1 Å². The Labute approximate surface area is 117 Å². The molecule has 0 radical (unpaired) electrons.